The maximum absolute atomic E-state index is 12.1. The van der Waals surface area contributed by atoms with E-state index >= 15 is 0 Å². The number of pyridine rings is 1. The van der Waals surface area contributed by atoms with E-state index in [0.29, 0.717) is 6.54 Å². The average molecular weight is 306 g/mol. The lowest BCUT2D eigenvalue weighted by molar-refractivity contribution is 0.242. The standard InChI is InChI=1S/C12H20ClN3O2S/c1-12(2,9-16(3)4)8-15-19(17,18)10-6-5-7-14-11(10)13/h5-7,15H,8-9H2,1-4H3. The second-order valence-electron chi connectivity index (χ2n) is 5.52. The van der Waals surface area contributed by atoms with Crippen LogP contribution in [-0.4, -0.2) is 45.5 Å². The van der Waals surface area contributed by atoms with E-state index in [4.69, 9.17) is 11.6 Å². The number of sulfonamides is 1. The van der Waals surface area contributed by atoms with E-state index in [2.05, 4.69) is 9.71 Å². The third-order valence-electron chi connectivity index (χ3n) is 2.50. The molecule has 0 aromatic carbocycles. The van der Waals surface area contributed by atoms with Gasteiger partial charge in [0.2, 0.25) is 10.0 Å². The first-order valence-electron chi connectivity index (χ1n) is 5.89. The predicted molar refractivity (Wildman–Crippen MR) is 76.8 cm³/mol. The summed E-state index contributed by atoms with van der Waals surface area (Å²) in [7, 11) is 0.282. The molecule has 1 N–H and O–H groups in total. The van der Waals surface area contributed by atoms with Crippen LogP contribution in [0, 0.1) is 5.41 Å². The Morgan fingerprint density at radius 1 is 1.42 bits per heavy atom. The Kier molecular flexibility index (Phi) is 5.32. The van der Waals surface area contributed by atoms with Gasteiger partial charge in [0.1, 0.15) is 10.0 Å². The number of nitrogens with one attached hydrogen (secondary N) is 1. The summed E-state index contributed by atoms with van der Waals surface area (Å²) in [4.78, 5) is 5.81. The molecule has 19 heavy (non-hydrogen) atoms. The second-order valence-corrected chi connectivity index (χ2v) is 7.61. The largest absolute Gasteiger partial charge is 0.309 e. The highest BCUT2D eigenvalue weighted by Crippen LogP contribution is 2.20. The van der Waals surface area contributed by atoms with Crippen LogP contribution in [0.4, 0.5) is 0 Å². The topological polar surface area (TPSA) is 62.3 Å². The zero-order valence-corrected chi connectivity index (χ0v) is 13.2. The van der Waals surface area contributed by atoms with E-state index in [-0.39, 0.29) is 15.5 Å². The summed E-state index contributed by atoms with van der Waals surface area (Å²) in [6, 6.07) is 2.99. The number of hydrogen-bond donors (Lipinski definition) is 1. The molecule has 0 aliphatic rings. The summed E-state index contributed by atoms with van der Waals surface area (Å²) < 4.78 is 26.9. The van der Waals surface area contributed by atoms with Crippen LogP contribution in [0.5, 0.6) is 0 Å². The molecule has 1 aromatic heterocycles. The fraction of sp³-hybridized carbons (Fsp3) is 0.583. The van der Waals surface area contributed by atoms with Crippen molar-refractivity contribution >= 4 is 21.6 Å². The third-order valence-corrected chi connectivity index (χ3v) is 4.35. The smallest absolute Gasteiger partial charge is 0.243 e. The molecule has 5 nitrogen and oxygen atoms in total. The quantitative estimate of drug-likeness (QED) is 0.811. The van der Waals surface area contributed by atoms with Crippen molar-refractivity contribution in [2.45, 2.75) is 18.7 Å². The van der Waals surface area contributed by atoms with Gasteiger partial charge in [0.15, 0.2) is 0 Å². The maximum atomic E-state index is 12.1. The highest BCUT2D eigenvalue weighted by atomic mass is 35.5. The van der Waals surface area contributed by atoms with Crippen LogP contribution in [0.1, 0.15) is 13.8 Å². The highest BCUT2D eigenvalue weighted by Gasteiger charge is 2.24. The zero-order valence-electron chi connectivity index (χ0n) is 11.6. The van der Waals surface area contributed by atoms with Gasteiger partial charge in [0.25, 0.3) is 0 Å². The Morgan fingerprint density at radius 3 is 2.58 bits per heavy atom. The molecule has 1 aromatic rings. The summed E-state index contributed by atoms with van der Waals surface area (Å²) in [6.07, 6.45) is 1.46. The van der Waals surface area contributed by atoms with Crippen molar-refractivity contribution < 1.29 is 8.42 Å². The molecule has 0 bridgehead atoms. The van der Waals surface area contributed by atoms with Gasteiger partial charge in [0, 0.05) is 19.3 Å². The van der Waals surface area contributed by atoms with E-state index in [0.717, 1.165) is 6.54 Å². The van der Waals surface area contributed by atoms with Crippen LogP contribution in [0.3, 0.4) is 0 Å². The third kappa shape index (κ3) is 5.06. The molecule has 0 saturated heterocycles. The van der Waals surface area contributed by atoms with Crippen molar-refractivity contribution in [3.05, 3.63) is 23.5 Å². The SMILES string of the molecule is CN(C)CC(C)(C)CNS(=O)(=O)c1cccnc1Cl. The lowest BCUT2D eigenvalue weighted by Crippen LogP contribution is -2.40. The van der Waals surface area contributed by atoms with E-state index < -0.39 is 10.0 Å². The molecule has 0 unspecified atom stereocenters. The normalized spacial score (nSPS) is 12.9. The Labute approximate surface area is 120 Å². The maximum Gasteiger partial charge on any atom is 0.243 e. The van der Waals surface area contributed by atoms with E-state index in [1.807, 2.05) is 32.8 Å². The second kappa shape index (κ2) is 6.17. The van der Waals surface area contributed by atoms with Crippen LogP contribution in [0.2, 0.25) is 5.15 Å². The predicted octanol–water partition coefficient (Wildman–Crippen LogP) is 1.60. The average Bonchev–Trinajstić information content (AvgIpc) is 2.25. The molecular formula is C12H20ClN3O2S. The van der Waals surface area contributed by atoms with Gasteiger partial charge in [-0.25, -0.2) is 18.1 Å². The molecule has 0 spiro atoms. The number of rotatable bonds is 6. The van der Waals surface area contributed by atoms with Crippen molar-refractivity contribution in [2.24, 2.45) is 5.41 Å². The highest BCUT2D eigenvalue weighted by molar-refractivity contribution is 7.89. The van der Waals surface area contributed by atoms with Gasteiger partial charge in [-0.15, -0.1) is 0 Å². The molecule has 7 heteroatoms. The summed E-state index contributed by atoms with van der Waals surface area (Å²) >= 11 is 5.80. The van der Waals surface area contributed by atoms with Gasteiger partial charge >= 0.3 is 0 Å². The van der Waals surface area contributed by atoms with E-state index in [9.17, 15) is 8.42 Å². The minimum atomic E-state index is -3.62. The molecule has 0 radical (unpaired) electrons. The molecule has 0 atom stereocenters. The van der Waals surface area contributed by atoms with Crippen LogP contribution < -0.4 is 4.72 Å². The Hall–Kier alpha value is -0.690. The van der Waals surface area contributed by atoms with Crippen molar-refractivity contribution in [1.82, 2.24) is 14.6 Å². The van der Waals surface area contributed by atoms with Crippen LogP contribution in [-0.2, 0) is 10.0 Å². The fourth-order valence-corrected chi connectivity index (χ4v) is 3.54. The monoisotopic (exact) mass is 305 g/mol. The lowest BCUT2D eigenvalue weighted by Gasteiger charge is -2.28. The fourth-order valence-electron chi connectivity index (χ4n) is 1.85. The first kappa shape index (κ1) is 16.4. The first-order valence-corrected chi connectivity index (χ1v) is 7.75. The summed E-state index contributed by atoms with van der Waals surface area (Å²) in [5, 5.41) is -0.0135. The van der Waals surface area contributed by atoms with Crippen LogP contribution in [0.15, 0.2) is 23.2 Å². The molecule has 0 amide bonds. The van der Waals surface area contributed by atoms with Gasteiger partial charge in [-0.05, 0) is 31.6 Å². The van der Waals surface area contributed by atoms with Gasteiger partial charge in [-0.2, -0.15) is 0 Å². The number of hydrogen-bond acceptors (Lipinski definition) is 4. The van der Waals surface area contributed by atoms with Gasteiger partial charge in [-0.1, -0.05) is 25.4 Å². The molecular weight excluding hydrogens is 286 g/mol. The van der Waals surface area contributed by atoms with Gasteiger partial charge in [0.05, 0.1) is 0 Å². The van der Waals surface area contributed by atoms with Crippen molar-refractivity contribution in [2.75, 3.05) is 27.2 Å². The van der Waals surface area contributed by atoms with Crippen LogP contribution in [0.25, 0.3) is 0 Å². The van der Waals surface area contributed by atoms with Crippen molar-refractivity contribution in [3.63, 3.8) is 0 Å². The van der Waals surface area contributed by atoms with Gasteiger partial charge in [-0.3, -0.25) is 0 Å². The van der Waals surface area contributed by atoms with Crippen molar-refractivity contribution in [3.8, 4) is 0 Å². The minimum absolute atomic E-state index is 0.0114. The van der Waals surface area contributed by atoms with Crippen molar-refractivity contribution in [1.29, 1.82) is 0 Å². The molecule has 1 heterocycles. The minimum Gasteiger partial charge on any atom is -0.309 e. The molecule has 1 rings (SSSR count). The molecule has 0 saturated carbocycles. The van der Waals surface area contributed by atoms with E-state index in [1.54, 1.807) is 6.07 Å². The Balaban J connectivity index is 2.80. The van der Waals surface area contributed by atoms with E-state index in [1.165, 1.54) is 12.3 Å². The van der Waals surface area contributed by atoms with Gasteiger partial charge < -0.3 is 4.90 Å². The molecule has 0 aliphatic carbocycles. The molecule has 0 aliphatic heterocycles. The summed E-state index contributed by atoms with van der Waals surface area (Å²) in [5.74, 6) is 0. The Bertz CT molecular complexity index is 530. The Morgan fingerprint density at radius 2 is 2.05 bits per heavy atom. The summed E-state index contributed by atoms with van der Waals surface area (Å²) in [5.41, 5.74) is -0.175. The first-order chi connectivity index (χ1) is 8.64. The lowest BCUT2D eigenvalue weighted by atomic mass is 9.93. The summed E-state index contributed by atoms with van der Waals surface area (Å²) in [6.45, 7) is 5.11. The number of nitrogens with zero attached hydrogens (tertiary/aromatic N) is 2. The van der Waals surface area contributed by atoms with Crippen LogP contribution >= 0.6 is 11.6 Å². The number of halogens is 1. The zero-order chi connectivity index (χ0) is 14.7. The molecule has 108 valence electrons. The molecule has 0 fully saturated rings. The number of aromatic nitrogens is 1.